The summed E-state index contributed by atoms with van der Waals surface area (Å²) in [4.78, 5) is 5.24. The van der Waals surface area contributed by atoms with E-state index in [2.05, 4.69) is 15.6 Å². The largest absolute Gasteiger partial charge is 0.489 e. The number of ether oxygens (including phenoxy) is 1. The van der Waals surface area contributed by atoms with Crippen LogP contribution in [-0.2, 0) is 16.6 Å². The van der Waals surface area contributed by atoms with Crippen molar-refractivity contribution in [3.05, 3.63) is 47.1 Å². The zero-order chi connectivity index (χ0) is 20.6. The Hall–Kier alpha value is -2.17. The van der Waals surface area contributed by atoms with Crippen LogP contribution in [0.25, 0.3) is 0 Å². The fourth-order valence-corrected chi connectivity index (χ4v) is 4.01. The highest BCUT2D eigenvalue weighted by Gasteiger charge is 2.12. The summed E-state index contributed by atoms with van der Waals surface area (Å²) in [6.45, 7) is 5.39. The Kier molecular flexibility index (Phi) is 8.21. The van der Waals surface area contributed by atoms with E-state index in [0.29, 0.717) is 31.3 Å². The number of thiophene rings is 1. The summed E-state index contributed by atoms with van der Waals surface area (Å²) in [6.07, 6.45) is 0.562. The molecule has 4 N–H and O–H groups in total. The molecule has 0 aliphatic rings. The number of nitrogens with zero attached hydrogens (tertiary/aromatic N) is 1. The van der Waals surface area contributed by atoms with E-state index in [1.807, 2.05) is 13.8 Å². The van der Waals surface area contributed by atoms with Crippen molar-refractivity contribution in [2.45, 2.75) is 37.1 Å². The second kappa shape index (κ2) is 10.4. The van der Waals surface area contributed by atoms with E-state index in [9.17, 15) is 12.8 Å². The molecule has 7 nitrogen and oxygen atoms in total. The molecule has 1 atom stereocenters. The molecule has 2 rings (SSSR count). The average Bonchev–Trinajstić information content (AvgIpc) is 3.12. The lowest BCUT2D eigenvalue weighted by Crippen LogP contribution is -2.42. The number of nitrogens with one attached hydrogen (secondary N) is 2. The first-order valence-corrected chi connectivity index (χ1v) is 11.2. The van der Waals surface area contributed by atoms with Gasteiger partial charge in [0.2, 0.25) is 10.0 Å². The molecular formula is C18H25FN4O3S2. The minimum atomic E-state index is -3.69. The molecule has 0 radical (unpaired) electrons. The predicted octanol–water partition coefficient (Wildman–Crippen LogP) is 2.45. The number of guanidine groups is 1. The van der Waals surface area contributed by atoms with E-state index in [1.54, 1.807) is 18.2 Å². The van der Waals surface area contributed by atoms with Crippen LogP contribution in [0.1, 0.15) is 25.1 Å². The summed E-state index contributed by atoms with van der Waals surface area (Å²) in [6, 6.07) is 9.21. The van der Waals surface area contributed by atoms with Crippen LogP contribution in [0.4, 0.5) is 4.39 Å². The number of hydrogen-bond donors (Lipinski definition) is 3. The molecule has 0 spiro atoms. The lowest BCUT2D eigenvalue weighted by atomic mass is 10.2. The third kappa shape index (κ3) is 7.10. The summed E-state index contributed by atoms with van der Waals surface area (Å²) in [7, 11) is -3.69. The Balaban J connectivity index is 1.96. The zero-order valence-corrected chi connectivity index (χ0v) is 17.4. The van der Waals surface area contributed by atoms with E-state index in [0.717, 1.165) is 22.6 Å². The van der Waals surface area contributed by atoms with Crippen molar-refractivity contribution in [1.29, 1.82) is 0 Å². The third-order valence-electron chi connectivity index (χ3n) is 3.71. The van der Waals surface area contributed by atoms with Gasteiger partial charge in [0.25, 0.3) is 0 Å². The van der Waals surface area contributed by atoms with E-state index in [1.165, 1.54) is 18.2 Å². The van der Waals surface area contributed by atoms with Crippen molar-refractivity contribution in [2.24, 2.45) is 10.1 Å². The van der Waals surface area contributed by atoms with Crippen molar-refractivity contribution in [1.82, 2.24) is 10.6 Å². The first-order valence-electron chi connectivity index (χ1n) is 8.87. The Morgan fingerprint density at radius 2 is 2.07 bits per heavy atom. The zero-order valence-electron chi connectivity index (χ0n) is 15.8. The smallest absolute Gasteiger partial charge is 0.247 e. The van der Waals surface area contributed by atoms with Crippen molar-refractivity contribution < 1.29 is 17.5 Å². The van der Waals surface area contributed by atoms with Crippen molar-refractivity contribution in [3.63, 3.8) is 0 Å². The van der Waals surface area contributed by atoms with Crippen LogP contribution < -0.4 is 20.5 Å². The van der Waals surface area contributed by atoms with E-state index < -0.39 is 10.0 Å². The highest BCUT2D eigenvalue weighted by Crippen LogP contribution is 2.20. The minimum Gasteiger partial charge on any atom is -0.489 e. The Morgan fingerprint density at radius 1 is 1.29 bits per heavy atom. The second-order valence-corrected chi connectivity index (χ2v) is 8.90. The van der Waals surface area contributed by atoms with E-state index >= 15 is 0 Å². The van der Waals surface area contributed by atoms with Gasteiger partial charge in [-0.15, -0.1) is 11.3 Å². The minimum absolute atomic E-state index is 0.116. The van der Waals surface area contributed by atoms with Gasteiger partial charge >= 0.3 is 0 Å². The number of halogens is 1. The lowest BCUT2D eigenvalue weighted by Gasteiger charge is -2.20. The normalized spacial score (nSPS) is 13.2. The van der Waals surface area contributed by atoms with E-state index in [4.69, 9.17) is 9.88 Å². The van der Waals surface area contributed by atoms with Crippen LogP contribution in [0.15, 0.2) is 45.6 Å². The topological polar surface area (TPSA) is 106 Å². The number of primary sulfonamides is 1. The molecule has 1 aromatic carbocycles. The summed E-state index contributed by atoms with van der Waals surface area (Å²) in [5.74, 6) is 0.712. The van der Waals surface area contributed by atoms with Crippen molar-refractivity contribution in [2.75, 3.05) is 13.1 Å². The van der Waals surface area contributed by atoms with Gasteiger partial charge in [-0.05, 0) is 37.6 Å². The van der Waals surface area contributed by atoms with Gasteiger partial charge in [-0.1, -0.05) is 13.0 Å². The summed E-state index contributed by atoms with van der Waals surface area (Å²) in [5, 5.41) is 11.5. The molecule has 154 valence electrons. The Morgan fingerprint density at radius 3 is 2.68 bits per heavy atom. The van der Waals surface area contributed by atoms with Gasteiger partial charge in [0.1, 0.15) is 21.9 Å². The summed E-state index contributed by atoms with van der Waals surface area (Å²) < 4.78 is 41.9. The van der Waals surface area contributed by atoms with Gasteiger partial charge in [-0.3, -0.25) is 0 Å². The Bertz CT molecular complexity index is 900. The molecule has 28 heavy (non-hydrogen) atoms. The molecular weight excluding hydrogens is 403 g/mol. The first-order chi connectivity index (χ1) is 13.3. The number of hydrogen-bond acceptors (Lipinski definition) is 5. The SMILES string of the molecule is CCNC(=NCc1ccc(S(N)(=O)=O)s1)NCC(CC)Oc1cccc(F)c1. The van der Waals surface area contributed by atoms with Gasteiger partial charge in [0.05, 0.1) is 13.1 Å². The predicted molar refractivity (Wildman–Crippen MR) is 110 cm³/mol. The number of aliphatic imine (C=N–C) groups is 1. The van der Waals surface area contributed by atoms with Crippen LogP contribution in [0.3, 0.4) is 0 Å². The number of sulfonamides is 1. The maximum Gasteiger partial charge on any atom is 0.247 e. The Labute approximate surface area is 168 Å². The molecule has 0 saturated carbocycles. The number of rotatable bonds is 9. The fraction of sp³-hybridized carbons (Fsp3) is 0.389. The van der Waals surface area contributed by atoms with Gasteiger partial charge in [0.15, 0.2) is 5.96 Å². The molecule has 10 heteroatoms. The molecule has 0 aliphatic heterocycles. The van der Waals surface area contributed by atoms with Crippen LogP contribution in [0.5, 0.6) is 5.75 Å². The number of nitrogens with two attached hydrogens (primary N) is 1. The molecule has 2 aromatic rings. The van der Waals surface area contributed by atoms with Gasteiger partial charge < -0.3 is 15.4 Å². The molecule has 1 unspecified atom stereocenters. The average molecular weight is 429 g/mol. The molecule has 0 fully saturated rings. The maximum atomic E-state index is 13.3. The van der Waals surface area contributed by atoms with E-state index in [-0.39, 0.29) is 16.1 Å². The monoisotopic (exact) mass is 428 g/mol. The molecule has 1 aromatic heterocycles. The van der Waals surface area contributed by atoms with Crippen LogP contribution in [0.2, 0.25) is 0 Å². The van der Waals surface area contributed by atoms with Gasteiger partial charge in [0, 0.05) is 17.5 Å². The standard InChI is InChI=1S/C18H25FN4O3S2/c1-3-14(26-15-7-5-6-13(19)10-15)11-22-18(21-4-2)23-12-16-8-9-17(27-16)28(20,24)25/h5-10,14H,3-4,11-12H2,1-2H3,(H2,20,24,25)(H2,21,22,23). The third-order valence-corrected chi connectivity index (χ3v) is 6.21. The quantitative estimate of drug-likeness (QED) is 0.420. The first kappa shape index (κ1) is 22.1. The van der Waals surface area contributed by atoms with Gasteiger partial charge in [-0.25, -0.2) is 22.9 Å². The number of benzene rings is 1. The van der Waals surface area contributed by atoms with Crippen molar-refractivity contribution >= 4 is 27.3 Å². The molecule has 0 aliphatic carbocycles. The highest BCUT2D eigenvalue weighted by molar-refractivity contribution is 7.91. The lowest BCUT2D eigenvalue weighted by molar-refractivity contribution is 0.198. The summed E-state index contributed by atoms with van der Waals surface area (Å²) >= 11 is 1.10. The van der Waals surface area contributed by atoms with Crippen LogP contribution in [0, 0.1) is 5.82 Å². The summed E-state index contributed by atoms with van der Waals surface area (Å²) in [5.41, 5.74) is 0. The molecule has 0 bridgehead atoms. The molecule has 1 heterocycles. The fourth-order valence-electron chi connectivity index (χ4n) is 2.31. The highest BCUT2D eigenvalue weighted by atomic mass is 32.2. The van der Waals surface area contributed by atoms with Crippen LogP contribution in [-0.4, -0.2) is 33.6 Å². The maximum absolute atomic E-state index is 13.3. The van der Waals surface area contributed by atoms with Gasteiger partial charge in [-0.2, -0.15) is 0 Å². The molecule has 0 saturated heterocycles. The van der Waals surface area contributed by atoms with Crippen molar-refractivity contribution in [3.8, 4) is 5.75 Å². The molecule has 0 amide bonds. The second-order valence-electron chi connectivity index (χ2n) is 5.95. The van der Waals surface area contributed by atoms with Crippen LogP contribution >= 0.6 is 11.3 Å².